The van der Waals surface area contributed by atoms with Crippen LogP contribution in [0.15, 0.2) is 12.2 Å². The number of carbonyl (C=O) groups excluding carboxylic acids is 2. The van der Waals surface area contributed by atoms with E-state index in [0.29, 0.717) is 0 Å². The van der Waals surface area contributed by atoms with Crippen molar-refractivity contribution in [1.82, 2.24) is 0 Å². The summed E-state index contributed by atoms with van der Waals surface area (Å²) in [5.74, 6) is -0.623. The van der Waals surface area contributed by atoms with Crippen molar-refractivity contribution >= 4 is 11.8 Å². The fraction of sp³-hybridized carbons (Fsp3) is 0.333. The van der Waals surface area contributed by atoms with E-state index in [9.17, 15) is 9.59 Å². The smallest absolute Gasteiger partial charge is 0.313 e. The van der Waals surface area contributed by atoms with Crippen LogP contribution in [0.1, 0.15) is 6.42 Å². The van der Waals surface area contributed by atoms with Crippen molar-refractivity contribution in [2.75, 3.05) is 6.61 Å². The Morgan fingerprint density at radius 2 is 2.22 bits per heavy atom. The van der Waals surface area contributed by atoms with Crippen LogP contribution in [0.2, 0.25) is 0 Å². The van der Waals surface area contributed by atoms with Gasteiger partial charge in [-0.1, -0.05) is 0 Å². The molecule has 0 fully saturated rings. The minimum Gasteiger partial charge on any atom is -0.461 e. The quantitative estimate of drug-likeness (QED) is 0.340. The Labute approximate surface area is 52.3 Å². The molecule has 0 amide bonds. The largest absolute Gasteiger partial charge is 0.461 e. The van der Waals surface area contributed by atoms with E-state index < -0.39 is 5.97 Å². The van der Waals surface area contributed by atoms with E-state index in [-0.39, 0.29) is 18.8 Å². The molecule has 0 saturated carbocycles. The Morgan fingerprint density at radius 3 is 3.00 bits per heavy atom. The standard InChI is InChI=1S/C6H6O3/c7-5-2-1-3-9-6(8)4-5/h1-2H,3-4H2. The van der Waals surface area contributed by atoms with Gasteiger partial charge < -0.3 is 4.74 Å². The first kappa shape index (κ1) is 6.01. The maximum atomic E-state index is 10.5. The molecule has 0 N–H and O–H groups in total. The van der Waals surface area contributed by atoms with Gasteiger partial charge in [0.1, 0.15) is 13.0 Å². The van der Waals surface area contributed by atoms with Crippen LogP contribution < -0.4 is 0 Å². The van der Waals surface area contributed by atoms with E-state index in [2.05, 4.69) is 4.74 Å². The Hall–Kier alpha value is -1.12. The molecule has 0 bridgehead atoms. The highest BCUT2D eigenvalue weighted by Gasteiger charge is 2.09. The summed E-state index contributed by atoms with van der Waals surface area (Å²) >= 11 is 0. The summed E-state index contributed by atoms with van der Waals surface area (Å²) in [5, 5.41) is 0. The summed E-state index contributed by atoms with van der Waals surface area (Å²) in [6.07, 6.45) is 2.79. The Kier molecular flexibility index (Phi) is 1.63. The summed E-state index contributed by atoms with van der Waals surface area (Å²) in [6.45, 7) is 0.227. The van der Waals surface area contributed by atoms with E-state index in [4.69, 9.17) is 0 Å². The van der Waals surface area contributed by atoms with Crippen molar-refractivity contribution in [3.63, 3.8) is 0 Å². The molecule has 0 aromatic carbocycles. The van der Waals surface area contributed by atoms with Crippen molar-refractivity contribution in [1.29, 1.82) is 0 Å². The number of esters is 1. The normalized spacial score (nSPS) is 19.1. The lowest BCUT2D eigenvalue weighted by Crippen LogP contribution is -2.05. The van der Waals surface area contributed by atoms with Crippen molar-refractivity contribution in [3.05, 3.63) is 12.2 Å². The number of hydrogen-bond donors (Lipinski definition) is 0. The molecule has 0 spiro atoms. The number of hydrogen-bond acceptors (Lipinski definition) is 3. The minimum absolute atomic E-state index is 0.115. The van der Waals surface area contributed by atoms with Crippen LogP contribution in [0.4, 0.5) is 0 Å². The van der Waals surface area contributed by atoms with Crippen molar-refractivity contribution in [2.45, 2.75) is 6.42 Å². The second-order valence-electron chi connectivity index (χ2n) is 1.73. The zero-order chi connectivity index (χ0) is 6.69. The van der Waals surface area contributed by atoms with Crippen molar-refractivity contribution < 1.29 is 14.3 Å². The molecule has 0 radical (unpaired) electrons. The van der Waals surface area contributed by atoms with Crippen LogP contribution in [-0.4, -0.2) is 18.4 Å². The average Bonchev–Trinajstić information content (AvgIpc) is 1.93. The predicted octanol–water partition coefficient (Wildman–Crippen LogP) is 0.0586. The molecule has 1 aliphatic rings. The molecule has 1 aliphatic heterocycles. The first-order valence-corrected chi connectivity index (χ1v) is 2.64. The van der Waals surface area contributed by atoms with Gasteiger partial charge >= 0.3 is 5.97 Å². The Bertz CT molecular complexity index is 169. The lowest BCUT2D eigenvalue weighted by molar-refractivity contribution is -0.143. The highest BCUT2D eigenvalue weighted by atomic mass is 16.5. The summed E-state index contributed by atoms with van der Waals surface area (Å²) in [4.78, 5) is 20.9. The fourth-order valence-corrected chi connectivity index (χ4v) is 0.573. The molecular formula is C6H6O3. The fourth-order valence-electron chi connectivity index (χ4n) is 0.573. The predicted molar refractivity (Wildman–Crippen MR) is 29.7 cm³/mol. The lowest BCUT2D eigenvalue weighted by Gasteiger charge is -1.92. The molecule has 9 heavy (non-hydrogen) atoms. The van der Waals surface area contributed by atoms with Gasteiger partial charge in [-0.3, -0.25) is 9.59 Å². The van der Waals surface area contributed by atoms with Crippen LogP contribution in [0.5, 0.6) is 0 Å². The van der Waals surface area contributed by atoms with Crippen LogP contribution in [-0.2, 0) is 14.3 Å². The van der Waals surface area contributed by atoms with Crippen LogP contribution in [0.25, 0.3) is 0 Å². The van der Waals surface area contributed by atoms with E-state index in [0.717, 1.165) is 0 Å². The third kappa shape index (κ3) is 1.68. The first-order valence-electron chi connectivity index (χ1n) is 2.64. The molecule has 1 rings (SSSR count). The van der Waals surface area contributed by atoms with E-state index in [1.807, 2.05) is 0 Å². The van der Waals surface area contributed by atoms with Gasteiger partial charge in [0.05, 0.1) is 0 Å². The van der Waals surface area contributed by atoms with Crippen molar-refractivity contribution in [2.24, 2.45) is 0 Å². The molecule has 0 aromatic heterocycles. The van der Waals surface area contributed by atoms with Crippen LogP contribution in [0.3, 0.4) is 0 Å². The maximum absolute atomic E-state index is 10.5. The molecule has 0 unspecified atom stereocenters. The maximum Gasteiger partial charge on any atom is 0.313 e. The van der Waals surface area contributed by atoms with Gasteiger partial charge in [-0.15, -0.1) is 0 Å². The number of ether oxygens (including phenoxy) is 1. The second kappa shape index (κ2) is 2.44. The van der Waals surface area contributed by atoms with Gasteiger partial charge in [0.25, 0.3) is 0 Å². The highest BCUT2D eigenvalue weighted by molar-refractivity contribution is 6.02. The van der Waals surface area contributed by atoms with Crippen molar-refractivity contribution in [3.8, 4) is 0 Å². The minimum atomic E-state index is -0.440. The molecule has 0 aliphatic carbocycles. The first-order chi connectivity index (χ1) is 4.29. The number of ketones is 1. The molecule has 3 heteroatoms. The summed E-state index contributed by atoms with van der Waals surface area (Å²) in [7, 11) is 0. The molecule has 0 atom stereocenters. The SMILES string of the molecule is O=C1C=CCOC(=O)C1. The van der Waals surface area contributed by atoms with Gasteiger partial charge in [0.2, 0.25) is 0 Å². The molecule has 1 heterocycles. The van der Waals surface area contributed by atoms with Gasteiger partial charge in [0, 0.05) is 0 Å². The van der Waals surface area contributed by atoms with E-state index in [1.54, 1.807) is 0 Å². The van der Waals surface area contributed by atoms with Gasteiger partial charge in [0.15, 0.2) is 5.78 Å². The molecule has 48 valence electrons. The van der Waals surface area contributed by atoms with E-state index >= 15 is 0 Å². The summed E-state index contributed by atoms with van der Waals surface area (Å²) in [6, 6.07) is 0. The number of carbonyl (C=O) groups is 2. The van der Waals surface area contributed by atoms with Gasteiger partial charge in [-0.25, -0.2) is 0 Å². The summed E-state index contributed by atoms with van der Waals surface area (Å²) < 4.78 is 4.53. The molecule has 0 saturated heterocycles. The van der Waals surface area contributed by atoms with E-state index in [1.165, 1.54) is 12.2 Å². The molecule has 3 nitrogen and oxygen atoms in total. The monoisotopic (exact) mass is 126 g/mol. The Morgan fingerprint density at radius 1 is 1.44 bits per heavy atom. The van der Waals surface area contributed by atoms with Crippen LogP contribution >= 0.6 is 0 Å². The third-order valence-electron chi connectivity index (χ3n) is 0.963. The topological polar surface area (TPSA) is 43.4 Å². The highest BCUT2D eigenvalue weighted by Crippen LogP contribution is 1.95. The lowest BCUT2D eigenvalue weighted by atomic mass is 10.3. The van der Waals surface area contributed by atoms with Gasteiger partial charge in [-0.05, 0) is 12.2 Å². The van der Waals surface area contributed by atoms with Crippen LogP contribution in [0, 0.1) is 0 Å². The second-order valence-corrected chi connectivity index (χ2v) is 1.73. The third-order valence-corrected chi connectivity index (χ3v) is 0.963. The zero-order valence-corrected chi connectivity index (χ0v) is 4.79. The molecule has 0 aromatic rings. The van der Waals surface area contributed by atoms with Gasteiger partial charge in [-0.2, -0.15) is 0 Å². The molecular weight excluding hydrogens is 120 g/mol. The number of rotatable bonds is 0. The zero-order valence-electron chi connectivity index (χ0n) is 4.79. The Balaban J connectivity index is 2.61. The average molecular weight is 126 g/mol. The summed E-state index contributed by atoms with van der Waals surface area (Å²) in [5.41, 5.74) is 0. The number of cyclic esters (lactones) is 1. The number of allylic oxidation sites excluding steroid dienone is 1.